The summed E-state index contributed by atoms with van der Waals surface area (Å²) in [4.78, 5) is 2.80. The minimum Gasteiger partial charge on any atom is -0.311 e. The molecule has 2 fully saturated rings. The lowest BCUT2D eigenvalue weighted by Gasteiger charge is -2.41. The molecule has 2 nitrogen and oxygen atoms in total. The van der Waals surface area contributed by atoms with Gasteiger partial charge in [0.1, 0.15) is 0 Å². The van der Waals surface area contributed by atoms with Gasteiger partial charge < -0.3 is 5.32 Å². The summed E-state index contributed by atoms with van der Waals surface area (Å²) in [5, 5.41) is 3.77. The molecule has 0 spiro atoms. The molecule has 0 aromatic heterocycles. The second-order valence-corrected chi connectivity index (χ2v) is 7.26. The van der Waals surface area contributed by atoms with Crippen LogP contribution in [0, 0.1) is 5.41 Å². The van der Waals surface area contributed by atoms with Crippen molar-refractivity contribution >= 4 is 0 Å². The third-order valence-electron chi connectivity index (χ3n) is 5.20. The Bertz CT molecular complexity index is 438. The maximum Gasteiger partial charge on any atom is 0.0236 e. The normalized spacial score (nSPS) is 33.0. The second-order valence-electron chi connectivity index (χ2n) is 7.26. The fraction of sp³-hybridized carbons (Fsp3) is 0.667. The summed E-state index contributed by atoms with van der Waals surface area (Å²) in [5.74, 6) is 0. The highest BCUT2D eigenvalue weighted by Crippen LogP contribution is 2.49. The Morgan fingerprint density at radius 2 is 1.95 bits per heavy atom. The molecule has 0 bridgehead atoms. The van der Waals surface area contributed by atoms with Crippen LogP contribution in [-0.4, -0.2) is 36.1 Å². The first-order valence-corrected chi connectivity index (χ1v) is 8.13. The largest absolute Gasteiger partial charge is 0.311 e. The molecular weight excluding hydrogens is 244 g/mol. The Hall–Kier alpha value is -0.860. The number of hydrogen-bond acceptors (Lipinski definition) is 2. The molecule has 3 rings (SSSR count). The lowest BCUT2D eigenvalue weighted by Crippen LogP contribution is -2.58. The number of nitrogens with one attached hydrogen (secondary N) is 1. The monoisotopic (exact) mass is 272 g/mol. The average Bonchev–Trinajstić information content (AvgIpc) is 3.09. The third kappa shape index (κ3) is 2.91. The number of piperazine rings is 1. The lowest BCUT2D eigenvalue weighted by atomic mass is 9.99. The Labute approximate surface area is 123 Å². The second kappa shape index (κ2) is 5.50. The topological polar surface area (TPSA) is 15.3 Å². The molecule has 0 radical (unpaired) electrons. The molecule has 1 aromatic carbocycles. The van der Waals surface area contributed by atoms with Crippen LogP contribution in [0.15, 0.2) is 30.3 Å². The molecule has 1 heterocycles. The van der Waals surface area contributed by atoms with Crippen LogP contribution in [0.1, 0.15) is 39.2 Å². The van der Waals surface area contributed by atoms with Crippen molar-refractivity contribution in [2.45, 2.75) is 58.2 Å². The van der Waals surface area contributed by atoms with Gasteiger partial charge in [-0.25, -0.2) is 0 Å². The zero-order valence-electron chi connectivity index (χ0n) is 13.1. The van der Waals surface area contributed by atoms with Gasteiger partial charge in [0.2, 0.25) is 0 Å². The SMILES string of the molecule is CCC1CNC(Cc2ccccc2)CN1C1CC1(C)C. The quantitative estimate of drug-likeness (QED) is 0.906. The van der Waals surface area contributed by atoms with Crippen molar-refractivity contribution in [2.24, 2.45) is 5.41 Å². The fourth-order valence-corrected chi connectivity index (χ4v) is 3.69. The van der Waals surface area contributed by atoms with Crippen molar-refractivity contribution in [1.82, 2.24) is 10.2 Å². The van der Waals surface area contributed by atoms with Crippen LogP contribution in [-0.2, 0) is 6.42 Å². The zero-order valence-corrected chi connectivity index (χ0v) is 13.1. The van der Waals surface area contributed by atoms with Crippen LogP contribution in [0.25, 0.3) is 0 Å². The van der Waals surface area contributed by atoms with Crippen LogP contribution in [0.3, 0.4) is 0 Å². The van der Waals surface area contributed by atoms with Crippen molar-refractivity contribution in [3.8, 4) is 0 Å². The van der Waals surface area contributed by atoms with Crippen molar-refractivity contribution in [2.75, 3.05) is 13.1 Å². The predicted octanol–water partition coefficient (Wildman–Crippen LogP) is 3.08. The van der Waals surface area contributed by atoms with Gasteiger partial charge in [0.15, 0.2) is 0 Å². The van der Waals surface area contributed by atoms with E-state index in [0.29, 0.717) is 11.5 Å². The van der Waals surface area contributed by atoms with E-state index in [1.165, 1.54) is 24.9 Å². The molecule has 2 heteroatoms. The Balaban J connectivity index is 1.64. The summed E-state index contributed by atoms with van der Waals surface area (Å²) >= 11 is 0. The maximum absolute atomic E-state index is 3.77. The molecular formula is C18H28N2. The molecule has 1 saturated heterocycles. The van der Waals surface area contributed by atoms with Gasteiger partial charge in [-0.05, 0) is 30.2 Å². The van der Waals surface area contributed by atoms with Gasteiger partial charge in [0.05, 0.1) is 0 Å². The number of benzene rings is 1. The molecule has 1 aromatic rings. The summed E-state index contributed by atoms with van der Waals surface area (Å²) in [6, 6.07) is 13.0. The maximum atomic E-state index is 3.77. The summed E-state index contributed by atoms with van der Waals surface area (Å²) in [5.41, 5.74) is 2.00. The summed E-state index contributed by atoms with van der Waals surface area (Å²) in [6.45, 7) is 9.52. The van der Waals surface area contributed by atoms with Gasteiger partial charge in [-0.3, -0.25) is 4.90 Å². The van der Waals surface area contributed by atoms with Gasteiger partial charge in [0.25, 0.3) is 0 Å². The molecule has 3 unspecified atom stereocenters. The molecule has 1 N–H and O–H groups in total. The Morgan fingerprint density at radius 3 is 2.55 bits per heavy atom. The van der Waals surface area contributed by atoms with Crippen molar-refractivity contribution in [1.29, 1.82) is 0 Å². The first-order valence-electron chi connectivity index (χ1n) is 8.13. The summed E-state index contributed by atoms with van der Waals surface area (Å²) in [7, 11) is 0. The molecule has 1 aliphatic heterocycles. The first-order chi connectivity index (χ1) is 9.60. The highest BCUT2D eigenvalue weighted by molar-refractivity contribution is 5.17. The highest BCUT2D eigenvalue weighted by atomic mass is 15.3. The van der Waals surface area contributed by atoms with Crippen LogP contribution in [0.2, 0.25) is 0 Å². The Kier molecular flexibility index (Phi) is 3.87. The zero-order chi connectivity index (χ0) is 14.2. The van der Waals surface area contributed by atoms with E-state index in [1.807, 2.05) is 0 Å². The van der Waals surface area contributed by atoms with Gasteiger partial charge in [0, 0.05) is 31.2 Å². The van der Waals surface area contributed by atoms with Crippen LogP contribution in [0.4, 0.5) is 0 Å². The fourth-order valence-electron chi connectivity index (χ4n) is 3.69. The minimum atomic E-state index is 0.544. The van der Waals surface area contributed by atoms with Gasteiger partial charge >= 0.3 is 0 Å². The van der Waals surface area contributed by atoms with E-state index in [1.54, 1.807) is 0 Å². The number of hydrogen-bond donors (Lipinski definition) is 1. The standard InChI is InChI=1S/C18H28N2/c1-4-16-12-19-15(10-14-8-6-5-7-9-14)13-20(16)17-11-18(17,2)3/h5-9,15-17,19H,4,10-13H2,1-3H3. The van der Waals surface area contributed by atoms with E-state index in [-0.39, 0.29) is 0 Å². The molecule has 1 saturated carbocycles. The van der Waals surface area contributed by atoms with Crippen LogP contribution >= 0.6 is 0 Å². The molecule has 2 aliphatic rings. The van der Waals surface area contributed by atoms with Gasteiger partial charge in [-0.2, -0.15) is 0 Å². The van der Waals surface area contributed by atoms with Crippen molar-refractivity contribution in [3.63, 3.8) is 0 Å². The molecule has 0 amide bonds. The Morgan fingerprint density at radius 1 is 1.25 bits per heavy atom. The minimum absolute atomic E-state index is 0.544. The number of rotatable bonds is 4. The molecule has 20 heavy (non-hydrogen) atoms. The van der Waals surface area contributed by atoms with Crippen molar-refractivity contribution < 1.29 is 0 Å². The van der Waals surface area contributed by atoms with Crippen molar-refractivity contribution in [3.05, 3.63) is 35.9 Å². The first kappa shape index (κ1) is 14.1. The van der Waals surface area contributed by atoms with E-state index in [4.69, 9.17) is 0 Å². The van der Waals surface area contributed by atoms with Gasteiger partial charge in [-0.15, -0.1) is 0 Å². The summed E-state index contributed by atoms with van der Waals surface area (Å²) < 4.78 is 0. The molecule has 110 valence electrons. The van der Waals surface area contributed by atoms with Crippen LogP contribution in [0.5, 0.6) is 0 Å². The third-order valence-corrected chi connectivity index (χ3v) is 5.20. The highest BCUT2D eigenvalue weighted by Gasteiger charge is 2.51. The lowest BCUT2D eigenvalue weighted by molar-refractivity contribution is 0.104. The van der Waals surface area contributed by atoms with E-state index < -0.39 is 0 Å². The van der Waals surface area contributed by atoms with Crippen LogP contribution < -0.4 is 5.32 Å². The van der Waals surface area contributed by atoms with E-state index >= 15 is 0 Å². The average molecular weight is 272 g/mol. The molecule has 1 aliphatic carbocycles. The van der Waals surface area contributed by atoms with E-state index in [0.717, 1.165) is 25.0 Å². The van der Waals surface area contributed by atoms with E-state index in [9.17, 15) is 0 Å². The molecule has 3 atom stereocenters. The number of nitrogens with zero attached hydrogens (tertiary/aromatic N) is 1. The van der Waals surface area contributed by atoms with E-state index in [2.05, 4.69) is 61.3 Å². The predicted molar refractivity (Wildman–Crippen MR) is 84.9 cm³/mol. The smallest absolute Gasteiger partial charge is 0.0236 e. The summed E-state index contributed by atoms with van der Waals surface area (Å²) in [6.07, 6.45) is 3.79. The van der Waals surface area contributed by atoms with Gasteiger partial charge in [-0.1, -0.05) is 51.1 Å².